The zero-order valence-electron chi connectivity index (χ0n) is 53.8. The molecule has 0 aromatic rings. The monoisotopic (exact) mass is 1180 g/mol. The number of allylic oxidation sites excluding steroid dienone is 13. The fraction of sp³-hybridized carbons (Fsp3) is 0.781. The molecule has 11 heteroatoms. The minimum absolute atomic E-state index is 0.00573. The second-order valence-corrected chi connectivity index (χ2v) is 23.8. The first kappa shape index (κ1) is 78.9. The van der Waals surface area contributed by atoms with Crippen LogP contribution in [0.4, 0.5) is 0 Å². The summed E-state index contributed by atoms with van der Waals surface area (Å²) >= 11 is 0. The van der Waals surface area contributed by atoms with Crippen molar-refractivity contribution in [2.45, 2.75) is 346 Å². The van der Waals surface area contributed by atoms with Crippen LogP contribution < -0.4 is 5.32 Å². The van der Waals surface area contributed by atoms with E-state index in [0.717, 1.165) is 83.5 Å². The van der Waals surface area contributed by atoms with Crippen LogP contribution in [0.3, 0.4) is 0 Å². The molecule has 1 aliphatic heterocycles. The fourth-order valence-electron chi connectivity index (χ4n) is 10.5. The summed E-state index contributed by atoms with van der Waals surface area (Å²) in [7, 11) is 0. The van der Waals surface area contributed by atoms with Gasteiger partial charge in [-0.3, -0.25) is 9.59 Å². The van der Waals surface area contributed by atoms with Crippen LogP contribution in [0.15, 0.2) is 85.1 Å². The van der Waals surface area contributed by atoms with Gasteiger partial charge in [0.1, 0.15) is 24.4 Å². The van der Waals surface area contributed by atoms with Crippen molar-refractivity contribution in [1.82, 2.24) is 5.32 Å². The molecule has 84 heavy (non-hydrogen) atoms. The Hall–Kier alpha value is -3.16. The molecule has 1 fully saturated rings. The molecule has 1 amide bonds. The van der Waals surface area contributed by atoms with Gasteiger partial charge in [0.2, 0.25) is 5.91 Å². The standard InChI is InChI=1S/C73H129NO10/c1-3-5-7-9-11-13-15-16-17-31-35-38-41-45-49-53-57-61-69(78)82-62-58-54-50-46-42-39-36-33-30-28-26-24-22-20-18-19-21-23-25-27-29-32-34-37-40-44-48-52-56-60-68(77)74-65(64-83-73-72(81)71(80)70(79)67(63-75)84-73)66(76)59-55-51-47-43-14-12-10-8-6-4-2/h6,8,11,13-14,16-18,20,24,26,43,55,59,65-67,70-73,75-76,79-81H,3-5,7,9-10,12,15,19,21-23,25,27-42,44-54,56-58,60-64H2,1-2H3,(H,74,77)/b8-6+,13-11-,17-16-,20-18-,26-24-,43-14+,59-55+. The lowest BCUT2D eigenvalue weighted by atomic mass is 9.99. The summed E-state index contributed by atoms with van der Waals surface area (Å²) in [5.41, 5.74) is 0. The molecule has 0 saturated carbocycles. The summed E-state index contributed by atoms with van der Waals surface area (Å²) in [4.78, 5) is 25.1. The second-order valence-electron chi connectivity index (χ2n) is 23.8. The number of carbonyl (C=O) groups is 2. The van der Waals surface area contributed by atoms with Crippen molar-refractivity contribution in [3.05, 3.63) is 85.1 Å². The van der Waals surface area contributed by atoms with E-state index in [1.165, 1.54) is 193 Å². The topological polar surface area (TPSA) is 175 Å². The fourth-order valence-corrected chi connectivity index (χ4v) is 10.5. The number of carbonyl (C=O) groups excluding carboxylic acids is 2. The van der Waals surface area contributed by atoms with Crippen molar-refractivity contribution in [2.75, 3.05) is 19.8 Å². The Morgan fingerprint density at radius 1 is 0.452 bits per heavy atom. The number of amides is 1. The Morgan fingerprint density at radius 2 is 0.845 bits per heavy atom. The van der Waals surface area contributed by atoms with Gasteiger partial charge in [-0.1, -0.05) is 259 Å². The molecule has 0 radical (unpaired) electrons. The van der Waals surface area contributed by atoms with E-state index in [0.29, 0.717) is 19.4 Å². The summed E-state index contributed by atoms with van der Waals surface area (Å²) in [5, 5.41) is 54.3. The van der Waals surface area contributed by atoms with Crippen LogP contribution >= 0.6 is 0 Å². The van der Waals surface area contributed by atoms with Crippen molar-refractivity contribution >= 4 is 11.9 Å². The largest absolute Gasteiger partial charge is 0.466 e. The Bertz CT molecular complexity index is 1670. The predicted octanol–water partition coefficient (Wildman–Crippen LogP) is 17.7. The molecule has 7 unspecified atom stereocenters. The molecule has 1 heterocycles. The van der Waals surface area contributed by atoms with Crippen LogP contribution in [0.5, 0.6) is 0 Å². The molecular weight excluding hydrogens is 1050 g/mol. The van der Waals surface area contributed by atoms with E-state index in [2.05, 4.69) is 92.1 Å². The van der Waals surface area contributed by atoms with E-state index in [9.17, 15) is 35.1 Å². The molecule has 1 saturated heterocycles. The first-order chi connectivity index (χ1) is 41.2. The van der Waals surface area contributed by atoms with Gasteiger partial charge in [-0.05, 0) is 116 Å². The average Bonchev–Trinajstić information content (AvgIpc) is 3.36. The molecule has 0 aromatic heterocycles. The SMILES string of the molecule is CC/C=C/CC/C=C/CC/C=C/C(O)C(COC1OC(CO)C(O)C(O)C1O)NC(=O)CCCCCCCCCCCCCCC/C=C\C/C=C\CCCCCCCCCCCOC(=O)CCCCCCCCC/C=C\C/C=C\CCCCC. The number of unbranched alkanes of at least 4 members (excludes halogenated alkanes) is 34. The van der Waals surface area contributed by atoms with Gasteiger partial charge in [-0.25, -0.2) is 0 Å². The van der Waals surface area contributed by atoms with Gasteiger partial charge in [0.25, 0.3) is 0 Å². The molecule has 0 spiro atoms. The van der Waals surface area contributed by atoms with Crippen molar-refractivity contribution in [1.29, 1.82) is 0 Å². The number of hydrogen-bond acceptors (Lipinski definition) is 10. The van der Waals surface area contributed by atoms with E-state index in [1.807, 2.05) is 6.08 Å². The predicted molar refractivity (Wildman–Crippen MR) is 352 cm³/mol. The van der Waals surface area contributed by atoms with Crippen molar-refractivity contribution < 1.29 is 49.3 Å². The number of aliphatic hydroxyl groups is 5. The highest BCUT2D eigenvalue weighted by molar-refractivity contribution is 5.76. The maximum absolute atomic E-state index is 13.0. The van der Waals surface area contributed by atoms with E-state index in [4.69, 9.17) is 14.2 Å². The van der Waals surface area contributed by atoms with Crippen molar-refractivity contribution in [2.24, 2.45) is 0 Å². The van der Waals surface area contributed by atoms with Crippen LogP contribution in [0, 0.1) is 0 Å². The van der Waals surface area contributed by atoms with E-state index in [-0.39, 0.29) is 18.5 Å². The maximum Gasteiger partial charge on any atom is 0.305 e. The van der Waals surface area contributed by atoms with Gasteiger partial charge in [0.15, 0.2) is 6.29 Å². The quantitative estimate of drug-likeness (QED) is 0.0195. The third kappa shape index (κ3) is 49.9. The highest BCUT2D eigenvalue weighted by Gasteiger charge is 2.44. The van der Waals surface area contributed by atoms with Gasteiger partial charge >= 0.3 is 5.97 Å². The number of esters is 1. The van der Waals surface area contributed by atoms with Crippen LogP contribution in [0.25, 0.3) is 0 Å². The van der Waals surface area contributed by atoms with E-state index >= 15 is 0 Å². The molecule has 0 bridgehead atoms. The first-order valence-corrected chi connectivity index (χ1v) is 34.9. The Balaban J connectivity index is 1.95. The summed E-state index contributed by atoms with van der Waals surface area (Å²) in [6.45, 7) is 4.17. The number of ether oxygens (including phenoxy) is 3. The third-order valence-corrected chi connectivity index (χ3v) is 15.9. The van der Waals surface area contributed by atoms with Gasteiger partial charge < -0.3 is 45.1 Å². The molecule has 0 aliphatic carbocycles. The van der Waals surface area contributed by atoms with E-state index in [1.54, 1.807) is 6.08 Å². The Kier molecular flexibility index (Phi) is 57.7. The summed E-state index contributed by atoms with van der Waals surface area (Å²) < 4.78 is 16.7. The van der Waals surface area contributed by atoms with Crippen molar-refractivity contribution in [3.63, 3.8) is 0 Å². The van der Waals surface area contributed by atoms with Crippen LogP contribution in [0.2, 0.25) is 0 Å². The zero-order valence-corrected chi connectivity index (χ0v) is 53.8. The number of nitrogens with one attached hydrogen (secondary N) is 1. The smallest absolute Gasteiger partial charge is 0.305 e. The molecule has 1 aliphatic rings. The lowest BCUT2D eigenvalue weighted by Crippen LogP contribution is -2.60. The normalized spacial score (nSPS) is 18.6. The third-order valence-electron chi connectivity index (χ3n) is 15.9. The number of aliphatic hydroxyl groups excluding tert-OH is 5. The summed E-state index contributed by atoms with van der Waals surface area (Å²) in [5.74, 6) is -0.206. The maximum atomic E-state index is 13.0. The van der Waals surface area contributed by atoms with Crippen LogP contribution in [0.1, 0.15) is 303 Å². The van der Waals surface area contributed by atoms with Crippen LogP contribution in [-0.2, 0) is 23.8 Å². The lowest BCUT2D eigenvalue weighted by Gasteiger charge is -2.40. The molecule has 6 N–H and O–H groups in total. The Morgan fingerprint density at radius 3 is 1.30 bits per heavy atom. The molecule has 486 valence electrons. The summed E-state index contributed by atoms with van der Waals surface area (Å²) in [6.07, 6.45) is 74.5. The molecule has 0 aromatic carbocycles. The average molecular weight is 1180 g/mol. The molecular formula is C73H129NO10. The highest BCUT2D eigenvalue weighted by Crippen LogP contribution is 2.23. The molecule has 7 atom stereocenters. The lowest BCUT2D eigenvalue weighted by molar-refractivity contribution is -0.302. The zero-order chi connectivity index (χ0) is 60.9. The van der Waals surface area contributed by atoms with Gasteiger partial charge in [0.05, 0.1) is 32.0 Å². The highest BCUT2D eigenvalue weighted by atomic mass is 16.7. The second kappa shape index (κ2) is 61.5. The Labute approximate surface area is 514 Å². The minimum atomic E-state index is -1.58. The molecule has 11 nitrogen and oxygen atoms in total. The van der Waals surface area contributed by atoms with Gasteiger partial charge in [-0.15, -0.1) is 0 Å². The van der Waals surface area contributed by atoms with Crippen molar-refractivity contribution in [3.8, 4) is 0 Å². The first-order valence-electron chi connectivity index (χ1n) is 34.9. The molecule has 1 rings (SSSR count). The minimum Gasteiger partial charge on any atom is -0.466 e. The summed E-state index contributed by atoms with van der Waals surface area (Å²) in [6, 6.07) is -0.836. The number of rotatable bonds is 60. The van der Waals surface area contributed by atoms with Crippen LogP contribution in [-0.4, -0.2) is 100 Å². The van der Waals surface area contributed by atoms with Gasteiger partial charge in [-0.2, -0.15) is 0 Å². The van der Waals surface area contributed by atoms with E-state index < -0.39 is 49.5 Å². The number of hydrogen-bond donors (Lipinski definition) is 6. The van der Waals surface area contributed by atoms with Gasteiger partial charge in [0, 0.05) is 12.8 Å².